The fourth-order valence-electron chi connectivity index (χ4n) is 1.76. The van der Waals surface area contributed by atoms with Gasteiger partial charge in [-0.1, -0.05) is 20.3 Å². The largest absolute Gasteiger partial charge is 0.310 e. The van der Waals surface area contributed by atoms with Crippen LogP contribution >= 0.6 is 0 Å². The quantitative estimate of drug-likeness (QED) is 0.778. The molecule has 0 aliphatic carbocycles. The van der Waals surface area contributed by atoms with Crippen LogP contribution in [0.1, 0.15) is 38.6 Å². The Bertz CT molecular complexity index is 248. The van der Waals surface area contributed by atoms with Crippen LogP contribution in [0, 0.1) is 5.92 Å². The summed E-state index contributed by atoms with van der Waals surface area (Å²) in [6.07, 6.45) is 5.99. The minimum absolute atomic E-state index is 0.274. The van der Waals surface area contributed by atoms with Gasteiger partial charge in [-0.2, -0.15) is 0 Å². The molecule has 0 saturated carbocycles. The predicted molar refractivity (Wildman–Crippen MR) is 57.9 cm³/mol. The van der Waals surface area contributed by atoms with Crippen LogP contribution in [0.15, 0.2) is 18.5 Å². The highest BCUT2D eigenvalue weighted by Gasteiger charge is 2.18. The molecule has 0 bridgehead atoms. The predicted octanol–water partition coefficient (Wildman–Crippen LogP) is 2.17. The van der Waals surface area contributed by atoms with Gasteiger partial charge in [-0.3, -0.25) is 0 Å². The molecule has 0 aliphatic rings. The van der Waals surface area contributed by atoms with E-state index < -0.39 is 0 Å². The standard InChI is InChI=1S/C11H19N3/c1-4-6-9(2)10(12-3)11-13-7-5-8-14-11/h5,7-10,12H,4,6H2,1-3H3. The molecule has 1 aromatic rings. The summed E-state index contributed by atoms with van der Waals surface area (Å²) in [5, 5.41) is 3.28. The van der Waals surface area contributed by atoms with Gasteiger partial charge in [0.05, 0.1) is 6.04 Å². The minimum Gasteiger partial charge on any atom is -0.310 e. The summed E-state index contributed by atoms with van der Waals surface area (Å²) in [5.41, 5.74) is 0. The molecule has 2 unspecified atom stereocenters. The van der Waals surface area contributed by atoms with Gasteiger partial charge < -0.3 is 5.32 Å². The maximum Gasteiger partial charge on any atom is 0.145 e. The number of aromatic nitrogens is 2. The molecule has 3 heteroatoms. The lowest BCUT2D eigenvalue weighted by Gasteiger charge is -2.21. The molecule has 0 aromatic carbocycles. The summed E-state index contributed by atoms with van der Waals surface area (Å²) in [4.78, 5) is 8.56. The Hall–Kier alpha value is -0.960. The lowest BCUT2D eigenvalue weighted by Crippen LogP contribution is -2.25. The van der Waals surface area contributed by atoms with E-state index >= 15 is 0 Å². The third kappa shape index (κ3) is 2.77. The van der Waals surface area contributed by atoms with Gasteiger partial charge in [0.25, 0.3) is 0 Å². The molecule has 3 nitrogen and oxygen atoms in total. The first-order chi connectivity index (χ1) is 6.79. The SMILES string of the molecule is CCCC(C)C(NC)c1ncccn1. The van der Waals surface area contributed by atoms with Gasteiger partial charge in [0.1, 0.15) is 5.82 Å². The van der Waals surface area contributed by atoms with Crippen LogP contribution in [0.2, 0.25) is 0 Å². The Balaban J connectivity index is 2.71. The maximum absolute atomic E-state index is 4.28. The molecule has 0 fully saturated rings. The molecule has 78 valence electrons. The summed E-state index contributed by atoms with van der Waals surface area (Å²) in [6.45, 7) is 4.44. The number of hydrogen-bond donors (Lipinski definition) is 1. The van der Waals surface area contributed by atoms with Crippen LogP contribution in [0.25, 0.3) is 0 Å². The molecule has 1 aromatic heterocycles. The summed E-state index contributed by atoms with van der Waals surface area (Å²) in [6, 6.07) is 2.12. The van der Waals surface area contributed by atoms with Gasteiger partial charge >= 0.3 is 0 Å². The molecule has 1 N–H and O–H groups in total. The molecule has 0 radical (unpaired) electrons. The molecule has 2 atom stereocenters. The lowest BCUT2D eigenvalue weighted by atomic mass is 9.96. The van der Waals surface area contributed by atoms with E-state index in [0.29, 0.717) is 5.92 Å². The van der Waals surface area contributed by atoms with E-state index in [1.165, 1.54) is 12.8 Å². The van der Waals surface area contributed by atoms with Crippen LogP contribution in [0.4, 0.5) is 0 Å². The van der Waals surface area contributed by atoms with Gasteiger partial charge in [-0.15, -0.1) is 0 Å². The Kier molecular flexibility index (Phi) is 4.53. The number of hydrogen-bond acceptors (Lipinski definition) is 3. The first-order valence-electron chi connectivity index (χ1n) is 5.23. The van der Waals surface area contributed by atoms with Crippen LogP contribution in [0.3, 0.4) is 0 Å². The molecular formula is C11H19N3. The average molecular weight is 193 g/mol. The van der Waals surface area contributed by atoms with Crippen molar-refractivity contribution in [3.8, 4) is 0 Å². The molecule has 0 saturated heterocycles. The zero-order valence-electron chi connectivity index (χ0n) is 9.20. The van der Waals surface area contributed by atoms with Gasteiger partial charge in [0.2, 0.25) is 0 Å². The van der Waals surface area contributed by atoms with Crippen molar-refractivity contribution in [3.05, 3.63) is 24.3 Å². The first kappa shape index (κ1) is 11.1. The van der Waals surface area contributed by atoms with E-state index in [2.05, 4.69) is 29.1 Å². The molecule has 0 spiro atoms. The van der Waals surface area contributed by atoms with E-state index in [-0.39, 0.29) is 6.04 Å². The van der Waals surface area contributed by atoms with Crippen molar-refractivity contribution in [1.29, 1.82) is 0 Å². The third-order valence-electron chi connectivity index (χ3n) is 2.49. The Morgan fingerprint density at radius 2 is 2.00 bits per heavy atom. The number of rotatable bonds is 5. The fraction of sp³-hybridized carbons (Fsp3) is 0.636. The highest BCUT2D eigenvalue weighted by Crippen LogP contribution is 2.21. The van der Waals surface area contributed by atoms with Crippen LogP contribution in [0.5, 0.6) is 0 Å². The third-order valence-corrected chi connectivity index (χ3v) is 2.49. The van der Waals surface area contributed by atoms with E-state index in [1.807, 2.05) is 13.1 Å². The van der Waals surface area contributed by atoms with Crippen molar-refractivity contribution >= 4 is 0 Å². The van der Waals surface area contributed by atoms with Gasteiger partial charge in [0.15, 0.2) is 0 Å². The van der Waals surface area contributed by atoms with Crippen molar-refractivity contribution in [3.63, 3.8) is 0 Å². The van der Waals surface area contributed by atoms with E-state index in [4.69, 9.17) is 0 Å². The van der Waals surface area contributed by atoms with E-state index in [0.717, 1.165) is 5.82 Å². The number of nitrogens with zero attached hydrogens (tertiary/aromatic N) is 2. The zero-order chi connectivity index (χ0) is 10.4. The van der Waals surface area contributed by atoms with Gasteiger partial charge in [-0.25, -0.2) is 9.97 Å². The van der Waals surface area contributed by atoms with Crippen molar-refractivity contribution in [2.45, 2.75) is 32.7 Å². The summed E-state index contributed by atoms with van der Waals surface area (Å²) in [5.74, 6) is 1.48. The Labute approximate surface area is 86.0 Å². The van der Waals surface area contributed by atoms with Crippen molar-refractivity contribution < 1.29 is 0 Å². The van der Waals surface area contributed by atoms with Crippen molar-refractivity contribution in [2.75, 3.05) is 7.05 Å². The molecular weight excluding hydrogens is 174 g/mol. The second-order valence-corrected chi connectivity index (χ2v) is 3.64. The first-order valence-corrected chi connectivity index (χ1v) is 5.23. The Morgan fingerprint density at radius 3 is 2.50 bits per heavy atom. The molecule has 1 heterocycles. The average Bonchev–Trinajstić information content (AvgIpc) is 2.21. The molecule has 0 aliphatic heterocycles. The lowest BCUT2D eigenvalue weighted by molar-refractivity contribution is 0.369. The second-order valence-electron chi connectivity index (χ2n) is 3.64. The summed E-state index contributed by atoms with van der Waals surface area (Å²) < 4.78 is 0. The molecule has 0 amide bonds. The van der Waals surface area contributed by atoms with Crippen LogP contribution in [-0.4, -0.2) is 17.0 Å². The smallest absolute Gasteiger partial charge is 0.145 e. The monoisotopic (exact) mass is 193 g/mol. The normalized spacial score (nSPS) is 15.1. The molecule has 14 heavy (non-hydrogen) atoms. The van der Waals surface area contributed by atoms with Crippen LogP contribution in [-0.2, 0) is 0 Å². The number of nitrogens with one attached hydrogen (secondary N) is 1. The van der Waals surface area contributed by atoms with Crippen LogP contribution < -0.4 is 5.32 Å². The second kappa shape index (κ2) is 5.70. The van der Waals surface area contributed by atoms with Gasteiger partial charge in [-0.05, 0) is 25.5 Å². The summed E-state index contributed by atoms with van der Waals surface area (Å²) >= 11 is 0. The van der Waals surface area contributed by atoms with Gasteiger partial charge in [0, 0.05) is 12.4 Å². The summed E-state index contributed by atoms with van der Waals surface area (Å²) in [7, 11) is 1.97. The topological polar surface area (TPSA) is 37.8 Å². The van der Waals surface area contributed by atoms with Crippen molar-refractivity contribution in [1.82, 2.24) is 15.3 Å². The fourth-order valence-corrected chi connectivity index (χ4v) is 1.76. The minimum atomic E-state index is 0.274. The maximum atomic E-state index is 4.28. The van der Waals surface area contributed by atoms with E-state index in [1.54, 1.807) is 12.4 Å². The Morgan fingerprint density at radius 1 is 1.36 bits per heavy atom. The molecule has 1 rings (SSSR count). The van der Waals surface area contributed by atoms with Crippen molar-refractivity contribution in [2.24, 2.45) is 5.92 Å². The highest BCUT2D eigenvalue weighted by molar-refractivity contribution is 4.97. The van der Waals surface area contributed by atoms with E-state index in [9.17, 15) is 0 Å². The highest BCUT2D eigenvalue weighted by atomic mass is 15.0. The zero-order valence-corrected chi connectivity index (χ0v) is 9.20.